The summed E-state index contributed by atoms with van der Waals surface area (Å²) < 4.78 is 0. The van der Waals surface area contributed by atoms with Gasteiger partial charge in [0, 0.05) is 27.2 Å². The van der Waals surface area contributed by atoms with Crippen LogP contribution in [0.3, 0.4) is 0 Å². The van der Waals surface area contributed by atoms with Crippen molar-refractivity contribution in [1.29, 1.82) is 10.8 Å². The molecular weight excluding hydrogens is 142 g/mol. The third-order valence-corrected chi connectivity index (χ3v) is 1.32. The van der Waals surface area contributed by atoms with Gasteiger partial charge in [0.1, 0.15) is 0 Å². The topological polar surface area (TPSA) is 66.2 Å². The molecule has 1 saturated heterocycles. The van der Waals surface area contributed by atoms with Crippen LogP contribution in [0, 0.1) is 10.8 Å². The Kier molecular flexibility index (Phi) is 5.60. The number of hydrazine groups is 2. The Morgan fingerprint density at radius 1 is 1.45 bits per heavy atom. The molecule has 0 aromatic carbocycles. The van der Waals surface area contributed by atoms with Crippen molar-refractivity contribution in [3.8, 4) is 0 Å². The smallest absolute Gasteiger partial charge is 0.0831 e. The molecule has 1 aliphatic heterocycles. The minimum absolute atomic E-state index is 1.12. The highest BCUT2D eigenvalue weighted by Gasteiger charge is 2.10. The third-order valence-electron chi connectivity index (χ3n) is 1.32. The van der Waals surface area contributed by atoms with Gasteiger partial charge in [0.05, 0.1) is 6.01 Å². The van der Waals surface area contributed by atoms with Gasteiger partial charge >= 0.3 is 0 Å². The van der Waals surface area contributed by atoms with Crippen LogP contribution >= 0.6 is 0 Å². The number of hydrogen-bond acceptors (Lipinski definition) is 5. The lowest BCUT2D eigenvalue weighted by atomic mass is 10.5. The second-order valence-corrected chi connectivity index (χ2v) is 2.36. The summed E-state index contributed by atoms with van der Waals surface area (Å²) >= 11 is 0. The molecule has 3 N–H and O–H groups in total. The first-order chi connectivity index (χ1) is 5.22. The highest BCUT2D eigenvalue weighted by Crippen LogP contribution is 1.95. The summed E-state index contributed by atoms with van der Waals surface area (Å²) in [5.41, 5.74) is 3.22. The molecule has 5 heteroatoms. The van der Waals surface area contributed by atoms with Gasteiger partial charge in [-0.15, -0.1) is 0 Å². The molecule has 0 aromatic heterocycles. The zero-order chi connectivity index (χ0) is 8.69. The summed E-state index contributed by atoms with van der Waals surface area (Å²) in [5, 5.41) is 15.4. The molecule has 0 radical (unpaired) electrons. The minimum atomic E-state index is 1.12. The van der Waals surface area contributed by atoms with Crippen LogP contribution in [0.4, 0.5) is 0 Å². The van der Waals surface area contributed by atoms with Crippen LogP contribution in [-0.2, 0) is 0 Å². The van der Waals surface area contributed by atoms with Crippen molar-refractivity contribution in [2.45, 2.75) is 6.42 Å². The Hall–Kier alpha value is -0.740. The van der Waals surface area contributed by atoms with Crippen LogP contribution in [0.15, 0.2) is 0 Å². The first kappa shape index (κ1) is 10.3. The maximum Gasteiger partial charge on any atom is 0.0831 e. The van der Waals surface area contributed by atoms with Crippen LogP contribution in [0.5, 0.6) is 0 Å². The van der Waals surface area contributed by atoms with Crippen molar-refractivity contribution >= 4 is 6.01 Å². The average molecular weight is 157 g/mol. The second-order valence-electron chi connectivity index (χ2n) is 2.36. The predicted molar refractivity (Wildman–Crippen MR) is 43.5 cm³/mol. The SMILES string of the molecule is CN(C)N1CCCN1.N=C=N. The summed E-state index contributed by atoms with van der Waals surface area (Å²) in [6, 6.07) is 1.25. The van der Waals surface area contributed by atoms with E-state index < -0.39 is 0 Å². The van der Waals surface area contributed by atoms with Crippen molar-refractivity contribution in [3.05, 3.63) is 0 Å². The van der Waals surface area contributed by atoms with Crippen molar-refractivity contribution in [2.75, 3.05) is 27.2 Å². The van der Waals surface area contributed by atoms with Crippen LogP contribution in [0.2, 0.25) is 0 Å². The fourth-order valence-corrected chi connectivity index (χ4v) is 0.857. The van der Waals surface area contributed by atoms with E-state index >= 15 is 0 Å². The van der Waals surface area contributed by atoms with E-state index in [4.69, 9.17) is 10.8 Å². The zero-order valence-electron chi connectivity index (χ0n) is 7.02. The van der Waals surface area contributed by atoms with Crippen LogP contribution < -0.4 is 5.43 Å². The highest BCUT2D eigenvalue weighted by atomic mass is 15.8. The lowest BCUT2D eigenvalue weighted by Crippen LogP contribution is -2.41. The summed E-state index contributed by atoms with van der Waals surface area (Å²) in [7, 11) is 4.08. The lowest BCUT2D eigenvalue weighted by molar-refractivity contribution is 0.00455. The van der Waals surface area contributed by atoms with Crippen molar-refractivity contribution in [1.82, 2.24) is 15.6 Å². The Balaban J connectivity index is 0.000000292. The Labute approximate surface area is 66.9 Å². The van der Waals surface area contributed by atoms with E-state index in [1.807, 2.05) is 14.1 Å². The molecule has 0 amide bonds. The first-order valence-electron chi connectivity index (χ1n) is 3.49. The van der Waals surface area contributed by atoms with Crippen LogP contribution in [0.1, 0.15) is 6.42 Å². The molecular formula is C6H15N5. The van der Waals surface area contributed by atoms with E-state index in [2.05, 4.69) is 15.6 Å². The van der Waals surface area contributed by atoms with E-state index in [1.54, 1.807) is 0 Å². The van der Waals surface area contributed by atoms with Gasteiger partial charge in [0.15, 0.2) is 0 Å². The van der Waals surface area contributed by atoms with E-state index in [0.717, 1.165) is 13.1 Å². The highest BCUT2D eigenvalue weighted by molar-refractivity contribution is 5.29. The standard InChI is InChI=1S/C5H13N3.CH2N2/c1-7(2)8-5-3-4-6-8;2-1-3/h6H,3-5H2,1-2H3;2-3H. The fraction of sp³-hybridized carbons (Fsp3) is 0.833. The summed E-state index contributed by atoms with van der Waals surface area (Å²) in [5.74, 6) is 0. The van der Waals surface area contributed by atoms with E-state index in [1.165, 1.54) is 12.4 Å². The van der Waals surface area contributed by atoms with Gasteiger partial charge in [-0.1, -0.05) is 0 Å². The molecule has 1 fully saturated rings. The number of nitrogens with zero attached hydrogens (tertiary/aromatic N) is 2. The van der Waals surface area contributed by atoms with Gasteiger partial charge in [0.25, 0.3) is 0 Å². The van der Waals surface area contributed by atoms with Gasteiger partial charge in [-0.05, 0) is 6.42 Å². The minimum Gasteiger partial charge on any atom is -0.242 e. The summed E-state index contributed by atoms with van der Waals surface area (Å²) in [4.78, 5) is 0. The number of hydrogen-bond donors (Lipinski definition) is 3. The Morgan fingerprint density at radius 3 is 2.18 bits per heavy atom. The van der Waals surface area contributed by atoms with Gasteiger partial charge in [-0.3, -0.25) is 0 Å². The molecule has 11 heavy (non-hydrogen) atoms. The Morgan fingerprint density at radius 2 is 2.00 bits per heavy atom. The monoisotopic (exact) mass is 157 g/mol. The molecule has 1 rings (SSSR count). The quantitative estimate of drug-likeness (QED) is 0.469. The van der Waals surface area contributed by atoms with Crippen molar-refractivity contribution < 1.29 is 0 Å². The lowest BCUT2D eigenvalue weighted by Gasteiger charge is -2.22. The number of nitrogens with one attached hydrogen (secondary N) is 3. The molecule has 0 spiro atoms. The largest absolute Gasteiger partial charge is 0.242 e. The van der Waals surface area contributed by atoms with E-state index in [9.17, 15) is 0 Å². The maximum atomic E-state index is 5.62. The molecule has 0 aromatic rings. The average Bonchev–Trinajstić information content (AvgIpc) is 2.38. The molecule has 0 unspecified atom stereocenters. The van der Waals surface area contributed by atoms with Gasteiger partial charge in [-0.25, -0.2) is 21.3 Å². The van der Waals surface area contributed by atoms with Gasteiger partial charge in [-0.2, -0.15) is 5.12 Å². The fourth-order valence-electron chi connectivity index (χ4n) is 0.857. The number of rotatable bonds is 1. The van der Waals surface area contributed by atoms with E-state index in [0.29, 0.717) is 0 Å². The Bertz CT molecular complexity index is 121. The summed E-state index contributed by atoms with van der Waals surface area (Å²) in [6.07, 6.45) is 1.26. The maximum absolute atomic E-state index is 5.62. The van der Waals surface area contributed by atoms with E-state index in [-0.39, 0.29) is 0 Å². The first-order valence-corrected chi connectivity index (χ1v) is 3.49. The molecule has 0 aliphatic carbocycles. The normalized spacial score (nSPS) is 17.4. The van der Waals surface area contributed by atoms with Crippen molar-refractivity contribution in [3.63, 3.8) is 0 Å². The van der Waals surface area contributed by atoms with Gasteiger partial charge < -0.3 is 0 Å². The molecule has 5 nitrogen and oxygen atoms in total. The summed E-state index contributed by atoms with van der Waals surface area (Å²) in [6.45, 7) is 2.27. The molecule has 1 aliphatic rings. The molecule has 0 saturated carbocycles. The molecule has 0 bridgehead atoms. The molecule has 1 heterocycles. The van der Waals surface area contributed by atoms with Crippen molar-refractivity contribution in [2.24, 2.45) is 0 Å². The second kappa shape index (κ2) is 6.00. The predicted octanol–water partition coefficient (Wildman–Crippen LogP) is -0.00886. The van der Waals surface area contributed by atoms with Gasteiger partial charge in [0.2, 0.25) is 0 Å². The van der Waals surface area contributed by atoms with Crippen LogP contribution in [-0.4, -0.2) is 43.3 Å². The van der Waals surface area contributed by atoms with Crippen LogP contribution in [0.25, 0.3) is 0 Å². The molecule has 0 atom stereocenters. The molecule has 64 valence electrons. The third kappa shape index (κ3) is 4.64. The zero-order valence-corrected chi connectivity index (χ0v) is 7.02.